The first-order valence-electron chi connectivity index (χ1n) is 8.23. The summed E-state index contributed by atoms with van der Waals surface area (Å²) in [7, 11) is 0. The monoisotopic (exact) mass is 409 g/mol. The number of carbonyl (C=O) groups excluding carboxylic acids is 1. The molecule has 0 saturated heterocycles. The van der Waals surface area contributed by atoms with Crippen LogP contribution in [0.4, 0.5) is 5.69 Å². The maximum Gasteiger partial charge on any atom is 0.270 e. The Balaban J connectivity index is 1.63. The zero-order valence-corrected chi connectivity index (χ0v) is 15.4. The van der Waals surface area contributed by atoms with Gasteiger partial charge in [-0.15, -0.1) is 0 Å². The van der Waals surface area contributed by atoms with Gasteiger partial charge in [-0.05, 0) is 35.9 Å². The molecule has 1 aliphatic heterocycles. The van der Waals surface area contributed by atoms with Crippen molar-refractivity contribution in [1.29, 1.82) is 0 Å². The van der Waals surface area contributed by atoms with Gasteiger partial charge in [0.1, 0.15) is 18.1 Å². The van der Waals surface area contributed by atoms with Crippen LogP contribution in [-0.4, -0.2) is 5.91 Å². The SMILES string of the molecule is O=C1Nc2ccccc2O[C@H]1c1cc(Br)ccc1OCc1ccccc1. The number of para-hydroxylation sites is 2. The number of fused-ring (bicyclic) bond motifs is 1. The van der Waals surface area contributed by atoms with Crippen molar-refractivity contribution in [1.82, 2.24) is 0 Å². The second kappa shape index (κ2) is 7.22. The molecular formula is C21H16BrNO3. The molecule has 1 atom stereocenters. The fourth-order valence-electron chi connectivity index (χ4n) is 2.85. The van der Waals surface area contributed by atoms with E-state index in [2.05, 4.69) is 21.2 Å². The van der Waals surface area contributed by atoms with E-state index in [1.807, 2.05) is 72.8 Å². The summed E-state index contributed by atoms with van der Waals surface area (Å²) in [4.78, 5) is 12.6. The summed E-state index contributed by atoms with van der Waals surface area (Å²) in [6.07, 6.45) is -0.770. The molecule has 0 saturated carbocycles. The number of ether oxygens (including phenoxy) is 2. The molecule has 5 heteroatoms. The van der Waals surface area contributed by atoms with E-state index in [1.54, 1.807) is 0 Å². The van der Waals surface area contributed by atoms with Crippen LogP contribution in [0.3, 0.4) is 0 Å². The van der Waals surface area contributed by atoms with Gasteiger partial charge in [-0.25, -0.2) is 0 Å². The Morgan fingerprint density at radius 2 is 1.77 bits per heavy atom. The Morgan fingerprint density at radius 3 is 2.62 bits per heavy atom. The molecule has 0 spiro atoms. The van der Waals surface area contributed by atoms with Crippen LogP contribution in [0.1, 0.15) is 17.2 Å². The molecule has 0 bridgehead atoms. The van der Waals surface area contributed by atoms with Crippen molar-refractivity contribution in [2.24, 2.45) is 0 Å². The van der Waals surface area contributed by atoms with Crippen LogP contribution in [0.5, 0.6) is 11.5 Å². The van der Waals surface area contributed by atoms with Gasteiger partial charge in [0, 0.05) is 10.0 Å². The highest BCUT2D eigenvalue weighted by Gasteiger charge is 2.31. The predicted molar refractivity (Wildman–Crippen MR) is 103 cm³/mol. The lowest BCUT2D eigenvalue weighted by molar-refractivity contribution is -0.123. The first-order valence-corrected chi connectivity index (χ1v) is 9.03. The molecule has 0 aliphatic carbocycles. The minimum Gasteiger partial charge on any atom is -0.488 e. The highest BCUT2D eigenvalue weighted by molar-refractivity contribution is 9.10. The van der Waals surface area contributed by atoms with E-state index in [0.29, 0.717) is 29.4 Å². The topological polar surface area (TPSA) is 47.6 Å². The fourth-order valence-corrected chi connectivity index (χ4v) is 3.23. The van der Waals surface area contributed by atoms with Crippen LogP contribution in [0.15, 0.2) is 77.3 Å². The summed E-state index contributed by atoms with van der Waals surface area (Å²) in [5.74, 6) is 1.05. The van der Waals surface area contributed by atoms with Crippen LogP contribution in [-0.2, 0) is 11.4 Å². The van der Waals surface area contributed by atoms with Gasteiger partial charge in [-0.3, -0.25) is 4.79 Å². The molecule has 3 aromatic carbocycles. The van der Waals surface area contributed by atoms with Crippen LogP contribution >= 0.6 is 15.9 Å². The maximum atomic E-state index is 12.6. The van der Waals surface area contributed by atoms with E-state index in [0.717, 1.165) is 10.0 Å². The minimum absolute atomic E-state index is 0.216. The van der Waals surface area contributed by atoms with Gasteiger partial charge in [0.05, 0.1) is 5.69 Å². The number of hydrogen-bond donors (Lipinski definition) is 1. The molecule has 1 amide bonds. The average Bonchev–Trinajstić information content (AvgIpc) is 2.67. The van der Waals surface area contributed by atoms with Crippen molar-refractivity contribution >= 4 is 27.5 Å². The number of hydrogen-bond acceptors (Lipinski definition) is 3. The van der Waals surface area contributed by atoms with Crippen molar-refractivity contribution in [3.05, 3.63) is 88.4 Å². The Labute approximate surface area is 159 Å². The second-order valence-electron chi connectivity index (χ2n) is 5.94. The second-order valence-corrected chi connectivity index (χ2v) is 6.86. The predicted octanol–water partition coefficient (Wildman–Crippen LogP) is 5.10. The standard InChI is InChI=1S/C21H16BrNO3/c22-15-10-11-18(25-13-14-6-2-1-3-7-14)16(12-15)20-21(24)23-17-8-4-5-9-19(17)26-20/h1-12,20H,13H2,(H,23,24)/t20-/m0/s1. The molecule has 4 nitrogen and oxygen atoms in total. The summed E-state index contributed by atoms with van der Waals surface area (Å²) in [5, 5.41) is 2.89. The smallest absolute Gasteiger partial charge is 0.270 e. The normalized spacial score (nSPS) is 15.6. The molecule has 0 radical (unpaired) electrons. The van der Waals surface area contributed by atoms with Gasteiger partial charge in [0.25, 0.3) is 5.91 Å². The molecule has 4 rings (SSSR count). The third kappa shape index (κ3) is 3.44. The summed E-state index contributed by atoms with van der Waals surface area (Å²) >= 11 is 3.47. The van der Waals surface area contributed by atoms with Gasteiger partial charge in [0.15, 0.2) is 0 Å². The molecular weight excluding hydrogens is 394 g/mol. The van der Waals surface area contributed by atoms with Gasteiger partial charge in [-0.1, -0.05) is 58.4 Å². The lowest BCUT2D eigenvalue weighted by Crippen LogP contribution is -2.30. The van der Waals surface area contributed by atoms with Crippen molar-refractivity contribution in [2.45, 2.75) is 12.7 Å². The number of amides is 1. The number of carbonyl (C=O) groups is 1. The summed E-state index contributed by atoms with van der Waals surface area (Å²) in [6, 6.07) is 22.9. The minimum atomic E-state index is -0.770. The quantitative estimate of drug-likeness (QED) is 0.651. The first kappa shape index (κ1) is 16.7. The van der Waals surface area contributed by atoms with Gasteiger partial charge in [-0.2, -0.15) is 0 Å². The molecule has 1 N–H and O–H groups in total. The summed E-state index contributed by atoms with van der Waals surface area (Å²) in [6.45, 7) is 0.417. The van der Waals surface area contributed by atoms with Crippen LogP contribution in [0.25, 0.3) is 0 Å². The van der Waals surface area contributed by atoms with E-state index < -0.39 is 6.10 Å². The summed E-state index contributed by atoms with van der Waals surface area (Å²) in [5.41, 5.74) is 2.42. The molecule has 0 fully saturated rings. The first-order chi connectivity index (χ1) is 12.7. The largest absolute Gasteiger partial charge is 0.488 e. The van der Waals surface area contributed by atoms with Gasteiger partial charge < -0.3 is 14.8 Å². The van der Waals surface area contributed by atoms with Gasteiger partial charge >= 0.3 is 0 Å². The van der Waals surface area contributed by atoms with Gasteiger partial charge in [0.2, 0.25) is 6.10 Å². The zero-order chi connectivity index (χ0) is 17.9. The fraction of sp³-hybridized carbons (Fsp3) is 0.0952. The van der Waals surface area contributed by atoms with E-state index in [1.165, 1.54) is 0 Å². The molecule has 1 heterocycles. The summed E-state index contributed by atoms with van der Waals surface area (Å²) < 4.78 is 12.8. The Hall–Kier alpha value is -2.79. The number of rotatable bonds is 4. The molecule has 130 valence electrons. The number of benzene rings is 3. The molecule has 0 unspecified atom stereocenters. The zero-order valence-electron chi connectivity index (χ0n) is 13.8. The number of anilines is 1. The number of halogens is 1. The third-order valence-electron chi connectivity index (χ3n) is 4.12. The van der Waals surface area contributed by atoms with Crippen molar-refractivity contribution in [2.75, 3.05) is 5.32 Å². The highest BCUT2D eigenvalue weighted by atomic mass is 79.9. The molecule has 3 aromatic rings. The Morgan fingerprint density at radius 1 is 1.00 bits per heavy atom. The van der Waals surface area contributed by atoms with Crippen molar-refractivity contribution < 1.29 is 14.3 Å². The Bertz CT molecular complexity index is 943. The average molecular weight is 410 g/mol. The van der Waals surface area contributed by atoms with E-state index in [-0.39, 0.29) is 5.91 Å². The van der Waals surface area contributed by atoms with Crippen molar-refractivity contribution in [3.63, 3.8) is 0 Å². The third-order valence-corrected chi connectivity index (χ3v) is 4.61. The van der Waals surface area contributed by atoms with E-state index in [9.17, 15) is 4.79 Å². The Kier molecular flexibility index (Phi) is 4.63. The molecule has 26 heavy (non-hydrogen) atoms. The van der Waals surface area contributed by atoms with E-state index in [4.69, 9.17) is 9.47 Å². The van der Waals surface area contributed by atoms with Crippen LogP contribution < -0.4 is 14.8 Å². The molecule has 1 aliphatic rings. The maximum absolute atomic E-state index is 12.6. The highest BCUT2D eigenvalue weighted by Crippen LogP contribution is 2.38. The van der Waals surface area contributed by atoms with Crippen LogP contribution in [0.2, 0.25) is 0 Å². The van der Waals surface area contributed by atoms with Crippen LogP contribution in [0, 0.1) is 0 Å². The molecule has 0 aromatic heterocycles. The lowest BCUT2D eigenvalue weighted by Gasteiger charge is -2.27. The number of nitrogens with one attached hydrogen (secondary N) is 1. The van der Waals surface area contributed by atoms with Crippen molar-refractivity contribution in [3.8, 4) is 11.5 Å². The van der Waals surface area contributed by atoms with E-state index >= 15 is 0 Å². The lowest BCUT2D eigenvalue weighted by atomic mass is 10.1.